The van der Waals surface area contributed by atoms with E-state index in [1.54, 1.807) is 42.7 Å². The van der Waals surface area contributed by atoms with Crippen LogP contribution in [0.4, 0.5) is 4.79 Å². The lowest BCUT2D eigenvalue weighted by Gasteiger charge is -2.12. The predicted molar refractivity (Wildman–Crippen MR) is 104 cm³/mol. The summed E-state index contributed by atoms with van der Waals surface area (Å²) in [7, 11) is 0. The maximum absolute atomic E-state index is 12.4. The standard InChI is InChI=1S/C18H15N3O4S2/c1-11(22)13-4-5-14(26-13)16(23)20-7-8-21-17(24)15(27-18(21)25)9-12-3-2-6-19-10-12/h2-6,9-10H,7-8H2,1H3,(H,20,23)/b15-9-. The smallest absolute Gasteiger partial charge is 0.293 e. The summed E-state index contributed by atoms with van der Waals surface area (Å²) >= 11 is 1.97. The monoisotopic (exact) mass is 401 g/mol. The van der Waals surface area contributed by atoms with Gasteiger partial charge in [0.15, 0.2) is 5.78 Å². The Morgan fingerprint density at radius 3 is 2.67 bits per heavy atom. The molecule has 1 fully saturated rings. The molecule has 1 aliphatic heterocycles. The number of nitrogens with one attached hydrogen (secondary N) is 1. The molecule has 0 bridgehead atoms. The molecule has 3 rings (SSSR count). The van der Waals surface area contributed by atoms with E-state index in [4.69, 9.17) is 0 Å². The van der Waals surface area contributed by atoms with E-state index in [0.29, 0.717) is 14.7 Å². The molecule has 1 N–H and O–H groups in total. The molecule has 0 saturated carbocycles. The van der Waals surface area contributed by atoms with E-state index in [-0.39, 0.29) is 30.0 Å². The lowest BCUT2D eigenvalue weighted by atomic mass is 10.2. The summed E-state index contributed by atoms with van der Waals surface area (Å²) in [5.41, 5.74) is 0.732. The first-order chi connectivity index (χ1) is 13.0. The number of imide groups is 1. The fourth-order valence-electron chi connectivity index (χ4n) is 2.32. The second kappa shape index (κ2) is 8.28. The van der Waals surface area contributed by atoms with Gasteiger partial charge in [-0.2, -0.15) is 0 Å². The second-order valence-electron chi connectivity index (χ2n) is 5.60. The van der Waals surface area contributed by atoms with Gasteiger partial charge >= 0.3 is 0 Å². The van der Waals surface area contributed by atoms with Crippen LogP contribution in [0, 0.1) is 0 Å². The Hall–Kier alpha value is -2.78. The van der Waals surface area contributed by atoms with Gasteiger partial charge in [0.25, 0.3) is 17.1 Å². The lowest BCUT2D eigenvalue weighted by Crippen LogP contribution is -2.37. The molecule has 0 unspecified atom stereocenters. The van der Waals surface area contributed by atoms with Gasteiger partial charge in [0, 0.05) is 25.5 Å². The topological polar surface area (TPSA) is 96.4 Å². The molecule has 0 aromatic carbocycles. The van der Waals surface area contributed by atoms with Crippen LogP contribution in [0.15, 0.2) is 41.6 Å². The maximum Gasteiger partial charge on any atom is 0.293 e. The lowest BCUT2D eigenvalue weighted by molar-refractivity contribution is -0.122. The van der Waals surface area contributed by atoms with Gasteiger partial charge in [-0.1, -0.05) is 6.07 Å². The average molecular weight is 401 g/mol. The Morgan fingerprint density at radius 2 is 2.00 bits per heavy atom. The number of ketones is 1. The molecule has 3 heterocycles. The molecular formula is C18H15N3O4S2. The molecule has 1 saturated heterocycles. The van der Waals surface area contributed by atoms with E-state index in [0.717, 1.165) is 33.6 Å². The summed E-state index contributed by atoms with van der Waals surface area (Å²) in [6, 6.07) is 6.71. The highest BCUT2D eigenvalue weighted by Crippen LogP contribution is 2.31. The number of amides is 3. The number of carbonyl (C=O) groups excluding carboxylic acids is 4. The van der Waals surface area contributed by atoms with Crippen LogP contribution in [0.2, 0.25) is 0 Å². The zero-order valence-electron chi connectivity index (χ0n) is 14.3. The summed E-state index contributed by atoms with van der Waals surface area (Å²) in [6.07, 6.45) is 4.84. The van der Waals surface area contributed by atoms with Crippen LogP contribution in [0.5, 0.6) is 0 Å². The Labute approximate surface area is 163 Å². The number of carbonyl (C=O) groups is 4. The van der Waals surface area contributed by atoms with Gasteiger partial charge < -0.3 is 5.32 Å². The summed E-state index contributed by atoms with van der Waals surface area (Å²) in [4.78, 5) is 54.2. The van der Waals surface area contributed by atoms with Crippen molar-refractivity contribution >= 4 is 52.0 Å². The van der Waals surface area contributed by atoms with Crippen LogP contribution in [0.1, 0.15) is 31.8 Å². The molecule has 2 aromatic heterocycles. The number of hydrogen-bond acceptors (Lipinski definition) is 7. The first-order valence-electron chi connectivity index (χ1n) is 8.00. The quantitative estimate of drug-likeness (QED) is 0.591. The molecular weight excluding hydrogens is 386 g/mol. The number of hydrogen-bond donors (Lipinski definition) is 1. The maximum atomic E-state index is 12.4. The van der Waals surface area contributed by atoms with Gasteiger partial charge in [0.2, 0.25) is 0 Å². The third kappa shape index (κ3) is 4.50. The van der Waals surface area contributed by atoms with E-state index in [1.165, 1.54) is 6.92 Å². The van der Waals surface area contributed by atoms with Gasteiger partial charge in [0.05, 0.1) is 14.7 Å². The number of thiophene rings is 1. The van der Waals surface area contributed by atoms with Crippen LogP contribution in [-0.4, -0.2) is 45.8 Å². The summed E-state index contributed by atoms with van der Waals surface area (Å²) < 4.78 is 0. The number of pyridine rings is 1. The highest BCUT2D eigenvalue weighted by Gasteiger charge is 2.34. The van der Waals surface area contributed by atoms with E-state index < -0.39 is 5.91 Å². The van der Waals surface area contributed by atoms with Crippen LogP contribution >= 0.6 is 23.1 Å². The largest absolute Gasteiger partial charge is 0.350 e. The van der Waals surface area contributed by atoms with Crippen molar-refractivity contribution < 1.29 is 19.2 Å². The average Bonchev–Trinajstić information content (AvgIpc) is 3.24. The predicted octanol–water partition coefficient (Wildman–Crippen LogP) is 2.81. The van der Waals surface area contributed by atoms with Gasteiger partial charge in [-0.3, -0.25) is 29.1 Å². The molecule has 0 aliphatic carbocycles. The molecule has 1 aliphatic rings. The molecule has 2 aromatic rings. The van der Waals surface area contributed by atoms with Crippen LogP contribution in [-0.2, 0) is 4.79 Å². The molecule has 9 heteroatoms. The Morgan fingerprint density at radius 1 is 1.22 bits per heavy atom. The fourth-order valence-corrected chi connectivity index (χ4v) is 4.01. The van der Waals surface area contributed by atoms with E-state index in [1.807, 2.05) is 0 Å². The van der Waals surface area contributed by atoms with E-state index in [2.05, 4.69) is 10.3 Å². The van der Waals surface area contributed by atoms with Crippen molar-refractivity contribution in [3.63, 3.8) is 0 Å². The number of thioether (sulfide) groups is 1. The third-order valence-electron chi connectivity index (χ3n) is 3.65. The van der Waals surface area contributed by atoms with E-state index >= 15 is 0 Å². The minimum Gasteiger partial charge on any atom is -0.350 e. The SMILES string of the molecule is CC(=O)c1ccc(C(=O)NCCN2C(=O)S/C(=C\c3cccnc3)C2=O)s1. The zero-order valence-corrected chi connectivity index (χ0v) is 15.9. The molecule has 7 nitrogen and oxygen atoms in total. The molecule has 0 spiro atoms. The van der Waals surface area contributed by atoms with Crippen molar-refractivity contribution in [3.8, 4) is 0 Å². The van der Waals surface area contributed by atoms with Crippen LogP contribution < -0.4 is 5.32 Å². The first kappa shape index (κ1) is 19.0. The van der Waals surface area contributed by atoms with Crippen molar-refractivity contribution in [3.05, 3.63) is 56.9 Å². The normalized spacial score (nSPS) is 15.4. The van der Waals surface area contributed by atoms with Crippen molar-refractivity contribution in [2.24, 2.45) is 0 Å². The van der Waals surface area contributed by atoms with Gasteiger partial charge in [-0.25, -0.2) is 0 Å². The van der Waals surface area contributed by atoms with Gasteiger partial charge in [-0.15, -0.1) is 11.3 Å². The number of nitrogens with zero attached hydrogens (tertiary/aromatic N) is 2. The van der Waals surface area contributed by atoms with Gasteiger partial charge in [0.1, 0.15) is 0 Å². The Bertz CT molecular complexity index is 937. The molecule has 3 amide bonds. The van der Waals surface area contributed by atoms with E-state index in [9.17, 15) is 19.2 Å². The second-order valence-corrected chi connectivity index (χ2v) is 7.67. The van der Waals surface area contributed by atoms with Crippen molar-refractivity contribution in [2.75, 3.05) is 13.1 Å². The van der Waals surface area contributed by atoms with Crippen molar-refractivity contribution in [1.29, 1.82) is 0 Å². The highest BCUT2D eigenvalue weighted by molar-refractivity contribution is 8.18. The first-order valence-corrected chi connectivity index (χ1v) is 9.63. The Kier molecular flexibility index (Phi) is 5.82. The minimum atomic E-state index is -0.391. The number of rotatable bonds is 6. The Balaban J connectivity index is 1.57. The number of aromatic nitrogens is 1. The van der Waals surface area contributed by atoms with Crippen LogP contribution in [0.25, 0.3) is 6.08 Å². The third-order valence-corrected chi connectivity index (χ3v) is 5.75. The van der Waals surface area contributed by atoms with Crippen molar-refractivity contribution in [1.82, 2.24) is 15.2 Å². The van der Waals surface area contributed by atoms with Crippen molar-refractivity contribution in [2.45, 2.75) is 6.92 Å². The molecule has 138 valence electrons. The summed E-state index contributed by atoms with van der Waals surface area (Å²) in [5, 5.41) is 2.28. The molecule has 0 atom stereocenters. The minimum absolute atomic E-state index is 0.0751. The zero-order chi connectivity index (χ0) is 19.4. The molecule has 0 radical (unpaired) electrons. The molecule has 27 heavy (non-hydrogen) atoms. The summed E-state index contributed by atoms with van der Waals surface area (Å²) in [6.45, 7) is 1.64. The highest BCUT2D eigenvalue weighted by atomic mass is 32.2. The van der Waals surface area contributed by atoms with Gasteiger partial charge in [-0.05, 0) is 48.5 Å². The van der Waals surface area contributed by atoms with Crippen LogP contribution in [0.3, 0.4) is 0 Å². The summed E-state index contributed by atoms with van der Waals surface area (Å²) in [5.74, 6) is -0.833. The number of Topliss-reactive ketones (excluding diaryl/α,β-unsaturated/α-hetero) is 1. The fraction of sp³-hybridized carbons (Fsp3) is 0.167.